The van der Waals surface area contributed by atoms with Gasteiger partial charge in [-0.25, -0.2) is 0 Å². The van der Waals surface area contributed by atoms with Gasteiger partial charge in [0.15, 0.2) is 0 Å². The summed E-state index contributed by atoms with van der Waals surface area (Å²) in [5.74, 6) is 0. The summed E-state index contributed by atoms with van der Waals surface area (Å²) in [4.78, 5) is 0. The van der Waals surface area contributed by atoms with E-state index < -0.39 is 0 Å². The Morgan fingerprint density at radius 3 is 2.83 bits per heavy atom. The van der Waals surface area contributed by atoms with E-state index in [4.69, 9.17) is 9.47 Å². The van der Waals surface area contributed by atoms with Crippen LogP contribution in [0.4, 0.5) is 0 Å². The summed E-state index contributed by atoms with van der Waals surface area (Å²) >= 11 is 0. The van der Waals surface area contributed by atoms with Crippen LogP contribution in [0.5, 0.6) is 0 Å². The second-order valence-electron chi connectivity index (χ2n) is 3.23. The molecule has 0 unspecified atom stereocenters. The average molecular weight is 173 g/mol. The Labute approximate surface area is 74.4 Å². The van der Waals surface area contributed by atoms with Crippen molar-refractivity contribution in [1.29, 1.82) is 0 Å². The fourth-order valence-corrected chi connectivity index (χ4v) is 1.52. The van der Waals surface area contributed by atoms with Gasteiger partial charge in [-0.2, -0.15) is 0 Å². The van der Waals surface area contributed by atoms with E-state index in [2.05, 4.69) is 12.2 Å². The molecule has 0 aromatic carbocycles. The summed E-state index contributed by atoms with van der Waals surface area (Å²) in [5, 5.41) is 3.42. The van der Waals surface area contributed by atoms with Crippen LogP contribution in [0.15, 0.2) is 0 Å². The van der Waals surface area contributed by atoms with Crippen LogP contribution in [-0.2, 0) is 9.47 Å². The Morgan fingerprint density at radius 2 is 2.25 bits per heavy atom. The number of rotatable bonds is 5. The number of nitrogens with one attached hydrogen (secondary N) is 1. The molecule has 0 saturated carbocycles. The SMILES string of the molecule is CC[C@@H]1C[C@H](OCCOC)CN1. The fraction of sp³-hybridized carbons (Fsp3) is 1.00. The zero-order valence-electron chi connectivity index (χ0n) is 8.01. The largest absolute Gasteiger partial charge is 0.382 e. The molecule has 1 aliphatic heterocycles. The van der Waals surface area contributed by atoms with E-state index in [1.54, 1.807) is 7.11 Å². The van der Waals surface area contributed by atoms with Crippen LogP contribution < -0.4 is 5.32 Å². The standard InChI is InChI=1S/C9H19NO2/c1-3-8-6-9(7-10-8)12-5-4-11-2/h8-10H,3-7H2,1-2H3/t8-,9+/m1/s1. The van der Waals surface area contributed by atoms with E-state index >= 15 is 0 Å². The molecule has 1 N–H and O–H groups in total. The van der Waals surface area contributed by atoms with Gasteiger partial charge in [-0.15, -0.1) is 0 Å². The van der Waals surface area contributed by atoms with E-state index in [0.29, 0.717) is 18.8 Å². The third-order valence-corrected chi connectivity index (χ3v) is 2.32. The molecule has 3 nitrogen and oxygen atoms in total. The molecule has 0 amide bonds. The molecule has 0 bridgehead atoms. The third kappa shape index (κ3) is 3.09. The smallest absolute Gasteiger partial charge is 0.0715 e. The first kappa shape index (κ1) is 9.96. The van der Waals surface area contributed by atoms with Gasteiger partial charge in [0.25, 0.3) is 0 Å². The maximum Gasteiger partial charge on any atom is 0.0715 e. The summed E-state index contributed by atoms with van der Waals surface area (Å²) in [5.41, 5.74) is 0. The Bertz CT molecular complexity index is 119. The summed E-state index contributed by atoms with van der Waals surface area (Å²) < 4.78 is 10.5. The first-order chi connectivity index (χ1) is 5.86. The van der Waals surface area contributed by atoms with Crippen molar-refractivity contribution in [2.75, 3.05) is 26.9 Å². The molecule has 72 valence electrons. The van der Waals surface area contributed by atoms with Gasteiger partial charge in [-0.1, -0.05) is 6.92 Å². The fourth-order valence-electron chi connectivity index (χ4n) is 1.52. The van der Waals surface area contributed by atoms with E-state index in [9.17, 15) is 0 Å². The van der Waals surface area contributed by atoms with E-state index in [-0.39, 0.29) is 0 Å². The van der Waals surface area contributed by atoms with Crippen molar-refractivity contribution in [2.45, 2.75) is 31.9 Å². The van der Waals surface area contributed by atoms with Crippen molar-refractivity contribution < 1.29 is 9.47 Å². The van der Waals surface area contributed by atoms with Gasteiger partial charge in [0.1, 0.15) is 0 Å². The minimum Gasteiger partial charge on any atom is -0.382 e. The molecule has 0 aliphatic carbocycles. The van der Waals surface area contributed by atoms with Crippen LogP contribution in [0.2, 0.25) is 0 Å². The van der Waals surface area contributed by atoms with Crippen molar-refractivity contribution in [3.63, 3.8) is 0 Å². The third-order valence-electron chi connectivity index (χ3n) is 2.32. The minimum atomic E-state index is 0.407. The zero-order valence-corrected chi connectivity index (χ0v) is 8.01. The Hall–Kier alpha value is -0.120. The molecule has 0 radical (unpaired) electrons. The van der Waals surface area contributed by atoms with E-state index in [0.717, 1.165) is 19.6 Å². The number of ether oxygens (including phenoxy) is 2. The van der Waals surface area contributed by atoms with Gasteiger partial charge < -0.3 is 14.8 Å². The highest BCUT2D eigenvalue weighted by Crippen LogP contribution is 2.12. The van der Waals surface area contributed by atoms with Crippen molar-refractivity contribution in [1.82, 2.24) is 5.32 Å². The van der Waals surface area contributed by atoms with Crippen LogP contribution in [0, 0.1) is 0 Å². The van der Waals surface area contributed by atoms with Gasteiger partial charge in [0.2, 0.25) is 0 Å². The van der Waals surface area contributed by atoms with Crippen LogP contribution in [0.1, 0.15) is 19.8 Å². The quantitative estimate of drug-likeness (QED) is 0.623. The van der Waals surface area contributed by atoms with Gasteiger partial charge in [0, 0.05) is 19.7 Å². The van der Waals surface area contributed by atoms with Crippen molar-refractivity contribution in [3.8, 4) is 0 Å². The molecule has 1 fully saturated rings. The first-order valence-electron chi connectivity index (χ1n) is 4.70. The second kappa shape index (κ2) is 5.51. The highest BCUT2D eigenvalue weighted by Gasteiger charge is 2.22. The zero-order chi connectivity index (χ0) is 8.81. The molecular formula is C9H19NO2. The minimum absolute atomic E-state index is 0.407. The van der Waals surface area contributed by atoms with E-state index in [1.807, 2.05) is 0 Å². The Morgan fingerprint density at radius 1 is 1.42 bits per heavy atom. The normalized spacial score (nSPS) is 29.5. The van der Waals surface area contributed by atoms with Gasteiger partial charge in [-0.3, -0.25) is 0 Å². The molecule has 0 aromatic rings. The van der Waals surface area contributed by atoms with Crippen LogP contribution in [0.3, 0.4) is 0 Å². The predicted octanol–water partition coefficient (Wildman–Crippen LogP) is 0.790. The number of methoxy groups -OCH3 is 1. The number of hydrogen-bond donors (Lipinski definition) is 1. The lowest BCUT2D eigenvalue weighted by atomic mass is 10.1. The molecule has 1 heterocycles. The van der Waals surface area contributed by atoms with Crippen LogP contribution in [-0.4, -0.2) is 39.0 Å². The van der Waals surface area contributed by atoms with Crippen molar-refractivity contribution in [3.05, 3.63) is 0 Å². The van der Waals surface area contributed by atoms with Gasteiger partial charge >= 0.3 is 0 Å². The molecule has 1 rings (SSSR count). The van der Waals surface area contributed by atoms with Gasteiger partial charge in [-0.05, 0) is 12.8 Å². The average Bonchev–Trinajstić information content (AvgIpc) is 2.53. The topological polar surface area (TPSA) is 30.5 Å². The van der Waals surface area contributed by atoms with Gasteiger partial charge in [0.05, 0.1) is 19.3 Å². The van der Waals surface area contributed by atoms with Crippen molar-refractivity contribution >= 4 is 0 Å². The van der Waals surface area contributed by atoms with Crippen LogP contribution >= 0.6 is 0 Å². The molecule has 3 heteroatoms. The monoisotopic (exact) mass is 173 g/mol. The molecule has 1 saturated heterocycles. The maximum atomic E-state index is 5.59. The Kier molecular flexibility index (Phi) is 4.58. The van der Waals surface area contributed by atoms with E-state index in [1.165, 1.54) is 6.42 Å². The molecule has 12 heavy (non-hydrogen) atoms. The first-order valence-corrected chi connectivity index (χ1v) is 4.70. The molecule has 0 spiro atoms. The number of hydrogen-bond acceptors (Lipinski definition) is 3. The molecule has 1 aliphatic rings. The summed E-state index contributed by atoms with van der Waals surface area (Å²) in [6.07, 6.45) is 2.76. The lowest BCUT2D eigenvalue weighted by molar-refractivity contribution is 0.0261. The molecule has 2 atom stereocenters. The predicted molar refractivity (Wildman–Crippen MR) is 48.3 cm³/mol. The van der Waals surface area contributed by atoms with Crippen molar-refractivity contribution in [2.24, 2.45) is 0 Å². The van der Waals surface area contributed by atoms with Crippen LogP contribution in [0.25, 0.3) is 0 Å². The second-order valence-corrected chi connectivity index (χ2v) is 3.23. The summed E-state index contributed by atoms with van der Waals surface area (Å²) in [6.45, 7) is 4.63. The maximum absolute atomic E-state index is 5.59. The lowest BCUT2D eigenvalue weighted by Crippen LogP contribution is -2.21. The highest BCUT2D eigenvalue weighted by molar-refractivity contribution is 4.80. The summed E-state index contributed by atoms with van der Waals surface area (Å²) in [7, 11) is 1.70. The Balaban J connectivity index is 2.03. The lowest BCUT2D eigenvalue weighted by Gasteiger charge is -2.09. The molecule has 0 aromatic heterocycles. The summed E-state index contributed by atoms with van der Waals surface area (Å²) in [6, 6.07) is 0.664. The highest BCUT2D eigenvalue weighted by atomic mass is 16.5. The molecular weight excluding hydrogens is 154 g/mol.